The molecule has 11 heteroatoms. The molecular formula is C35H34N6O3S2. The minimum Gasteiger partial charge on any atom is -0.497 e. The summed E-state index contributed by atoms with van der Waals surface area (Å²) < 4.78 is 7.25. The number of hydrazone groups is 1. The fourth-order valence-electron chi connectivity index (χ4n) is 5.26. The molecule has 0 bridgehead atoms. The Morgan fingerprint density at radius 3 is 2.59 bits per heavy atom. The molecule has 46 heavy (non-hydrogen) atoms. The van der Waals surface area contributed by atoms with Crippen molar-refractivity contribution in [2.75, 3.05) is 12.9 Å². The molecule has 0 saturated carbocycles. The van der Waals surface area contributed by atoms with Crippen molar-refractivity contribution in [3.05, 3.63) is 129 Å². The number of carbonyl (C=O) groups excluding carboxylic acids is 2. The average molecular weight is 651 g/mol. The molecule has 1 unspecified atom stereocenters. The number of carbonyl (C=O) groups is 2. The first-order chi connectivity index (χ1) is 22.5. The lowest BCUT2D eigenvalue weighted by molar-refractivity contribution is -0.130. The predicted molar refractivity (Wildman–Crippen MR) is 181 cm³/mol. The number of hydrogen-bond donors (Lipinski definition) is 1. The first-order valence-corrected chi connectivity index (χ1v) is 16.9. The minimum atomic E-state index is -0.239. The lowest BCUT2D eigenvalue weighted by atomic mass is 10.00. The highest BCUT2D eigenvalue weighted by Crippen LogP contribution is 2.35. The molecule has 5 aromatic rings. The SMILES string of the molecule is COc1cccc(C(=O)NCc2nnc(SCC(=O)N3N=C(c4cccs4)CC3c3ccc(C)cc3)n2CCc2ccccc2)c1. The number of aryl methyl sites for hydroxylation is 2. The van der Waals surface area contributed by atoms with Gasteiger partial charge in [-0.05, 0) is 54.1 Å². The number of nitrogens with one attached hydrogen (secondary N) is 1. The second-order valence-electron chi connectivity index (χ2n) is 10.9. The lowest BCUT2D eigenvalue weighted by Crippen LogP contribution is -2.28. The molecule has 1 aliphatic heterocycles. The summed E-state index contributed by atoms with van der Waals surface area (Å²) in [5, 5.41) is 20.9. The zero-order chi connectivity index (χ0) is 31.9. The molecule has 3 aromatic carbocycles. The zero-order valence-electron chi connectivity index (χ0n) is 25.6. The molecule has 3 heterocycles. The van der Waals surface area contributed by atoms with Gasteiger partial charge in [-0.2, -0.15) is 5.10 Å². The van der Waals surface area contributed by atoms with Crippen LogP contribution in [0.3, 0.4) is 0 Å². The standard InChI is InChI=1S/C35H34N6O3S2/c1-24-13-15-26(16-14-24)30-21-29(31-12-7-19-45-31)39-41(30)33(42)23-46-35-38-37-32(40(35)18-17-25-8-4-3-5-9-25)22-36-34(43)27-10-6-11-28(20-27)44-2/h3-16,19-20,30H,17-18,21-23H2,1-2H3,(H,36,43). The molecule has 234 valence electrons. The van der Waals surface area contributed by atoms with Crippen LogP contribution in [0.15, 0.2) is 107 Å². The Morgan fingerprint density at radius 2 is 1.83 bits per heavy atom. The van der Waals surface area contributed by atoms with Crippen molar-refractivity contribution in [1.29, 1.82) is 0 Å². The average Bonchev–Trinajstić information content (AvgIpc) is 3.86. The number of ether oxygens (including phenoxy) is 1. The molecule has 2 aromatic heterocycles. The van der Waals surface area contributed by atoms with Crippen LogP contribution in [0, 0.1) is 6.92 Å². The van der Waals surface area contributed by atoms with Crippen LogP contribution in [-0.4, -0.2) is 50.2 Å². The van der Waals surface area contributed by atoms with E-state index in [-0.39, 0.29) is 30.2 Å². The Morgan fingerprint density at radius 1 is 1.00 bits per heavy atom. The normalized spacial score (nSPS) is 14.3. The van der Waals surface area contributed by atoms with E-state index < -0.39 is 0 Å². The van der Waals surface area contributed by atoms with Gasteiger partial charge in [0.2, 0.25) is 0 Å². The Balaban J connectivity index is 1.19. The van der Waals surface area contributed by atoms with Crippen LogP contribution in [-0.2, 0) is 24.3 Å². The van der Waals surface area contributed by atoms with Gasteiger partial charge in [0, 0.05) is 18.5 Å². The minimum absolute atomic E-state index is 0.104. The highest BCUT2D eigenvalue weighted by atomic mass is 32.2. The highest BCUT2D eigenvalue weighted by Gasteiger charge is 2.33. The number of thioether (sulfide) groups is 1. The van der Waals surface area contributed by atoms with Crippen molar-refractivity contribution in [3.8, 4) is 5.75 Å². The number of thiophene rings is 1. The number of rotatable bonds is 12. The summed E-state index contributed by atoms with van der Waals surface area (Å²) in [6.07, 6.45) is 1.40. The fraction of sp³-hybridized carbons (Fsp3) is 0.229. The van der Waals surface area contributed by atoms with Gasteiger partial charge < -0.3 is 14.6 Å². The molecule has 0 saturated heterocycles. The van der Waals surface area contributed by atoms with E-state index in [4.69, 9.17) is 9.84 Å². The van der Waals surface area contributed by atoms with Crippen LogP contribution in [0.4, 0.5) is 0 Å². The molecule has 0 spiro atoms. The van der Waals surface area contributed by atoms with Gasteiger partial charge in [-0.25, -0.2) is 5.01 Å². The zero-order valence-corrected chi connectivity index (χ0v) is 27.3. The third-order valence-electron chi connectivity index (χ3n) is 7.76. The van der Waals surface area contributed by atoms with E-state index in [0.717, 1.165) is 22.6 Å². The van der Waals surface area contributed by atoms with Gasteiger partial charge >= 0.3 is 0 Å². The van der Waals surface area contributed by atoms with Crippen LogP contribution in [0.1, 0.15) is 50.2 Å². The summed E-state index contributed by atoms with van der Waals surface area (Å²) in [7, 11) is 1.57. The third-order valence-corrected chi connectivity index (χ3v) is 9.63. The summed E-state index contributed by atoms with van der Waals surface area (Å²) in [4.78, 5) is 27.8. The monoisotopic (exact) mass is 650 g/mol. The van der Waals surface area contributed by atoms with Crippen molar-refractivity contribution in [2.45, 2.75) is 44.1 Å². The van der Waals surface area contributed by atoms with Crippen molar-refractivity contribution in [2.24, 2.45) is 5.10 Å². The molecule has 0 radical (unpaired) electrons. The number of methoxy groups -OCH3 is 1. The maximum atomic E-state index is 13.8. The Kier molecular flexibility index (Phi) is 9.90. The van der Waals surface area contributed by atoms with E-state index in [0.29, 0.717) is 35.3 Å². The Labute approximate surface area is 276 Å². The summed E-state index contributed by atoms with van der Waals surface area (Å²) in [5.41, 5.74) is 4.80. The van der Waals surface area contributed by atoms with E-state index in [1.807, 2.05) is 40.3 Å². The van der Waals surface area contributed by atoms with E-state index >= 15 is 0 Å². The third kappa shape index (κ3) is 7.38. The van der Waals surface area contributed by atoms with Crippen molar-refractivity contribution >= 4 is 40.6 Å². The van der Waals surface area contributed by atoms with Crippen molar-refractivity contribution < 1.29 is 14.3 Å². The number of hydrogen-bond acceptors (Lipinski definition) is 8. The second-order valence-corrected chi connectivity index (χ2v) is 12.8. The molecule has 1 atom stereocenters. The van der Waals surface area contributed by atoms with Crippen LogP contribution < -0.4 is 10.1 Å². The summed E-state index contributed by atoms with van der Waals surface area (Å²) >= 11 is 2.96. The van der Waals surface area contributed by atoms with Crippen molar-refractivity contribution in [3.63, 3.8) is 0 Å². The molecule has 1 aliphatic rings. The molecule has 9 nitrogen and oxygen atoms in total. The maximum Gasteiger partial charge on any atom is 0.253 e. The van der Waals surface area contributed by atoms with Crippen LogP contribution in [0.5, 0.6) is 5.75 Å². The molecular weight excluding hydrogens is 617 g/mol. The first kappa shape index (κ1) is 31.3. The Hall–Kier alpha value is -4.74. The Bertz CT molecular complexity index is 1820. The van der Waals surface area contributed by atoms with Gasteiger partial charge in [0.05, 0.1) is 36.0 Å². The largest absolute Gasteiger partial charge is 0.497 e. The van der Waals surface area contributed by atoms with Gasteiger partial charge in [-0.3, -0.25) is 9.59 Å². The first-order valence-electron chi connectivity index (χ1n) is 15.0. The summed E-state index contributed by atoms with van der Waals surface area (Å²) in [6, 6.07) is 29.3. The summed E-state index contributed by atoms with van der Waals surface area (Å²) in [5.74, 6) is 1.02. The van der Waals surface area contributed by atoms with Crippen LogP contribution >= 0.6 is 23.1 Å². The van der Waals surface area contributed by atoms with Crippen LogP contribution in [0.25, 0.3) is 0 Å². The van der Waals surface area contributed by atoms with E-state index in [9.17, 15) is 9.59 Å². The number of aromatic nitrogens is 3. The summed E-state index contributed by atoms with van der Waals surface area (Å²) in [6.45, 7) is 2.83. The number of benzene rings is 3. The smallest absolute Gasteiger partial charge is 0.253 e. The van der Waals surface area contributed by atoms with E-state index in [1.165, 1.54) is 22.9 Å². The number of nitrogens with zero attached hydrogens (tertiary/aromatic N) is 5. The van der Waals surface area contributed by atoms with Gasteiger partial charge in [-0.15, -0.1) is 21.5 Å². The van der Waals surface area contributed by atoms with Gasteiger partial charge in [0.15, 0.2) is 11.0 Å². The molecule has 1 N–H and O–H groups in total. The molecule has 6 rings (SSSR count). The fourth-order valence-corrected chi connectivity index (χ4v) is 6.82. The molecule has 2 amide bonds. The van der Waals surface area contributed by atoms with Gasteiger partial charge in [0.25, 0.3) is 11.8 Å². The van der Waals surface area contributed by atoms with E-state index in [2.05, 4.69) is 58.8 Å². The maximum absolute atomic E-state index is 13.8. The predicted octanol–water partition coefficient (Wildman–Crippen LogP) is 6.30. The lowest BCUT2D eigenvalue weighted by Gasteiger charge is -2.22. The molecule has 0 fully saturated rings. The molecule has 0 aliphatic carbocycles. The van der Waals surface area contributed by atoms with E-state index in [1.54, 1.807) is 47.7 Å². The second kappa shape index (κ2) is 14.6. The van der Waals surface area contributed by atoms with Gasteiger partial charge in [0.1, 0.15) is 5.75 Å². The highest BCUT2D eigenvalue weighted by molar-refractivity contribution is 7.99. The van der Waals surface area contributed by atoms with Crippen LogP contribution in [0.2, 0.25) is 0 Å². The van der Waals surface area contributed by atoms with Gasteiger partial charge in [-0.1, -0.05) is 84.1 Å². The van der Waals surface area contributed by atoms with Crippen molar-refractivity contribution in [1.82, 2.24) is 25.1 Å². The quantitative estimate of drug-likeness (QED) is 0.159. The topological polar surface area (TPSA) is 102 Å². The number of amides is 2.